The Hall–Kier alpha value is -1.93. The molecule has 0 aliphatic rings. The van der Waals surface area contributed by atoms with Crippen molar-refractivity contribution >= 4 is 24.0 Å². The third kappa shape index (κ3) is 3.44. The lowest BCUT2D eigenvalue weighted by molar-refractivity contribution is 0.649. The summed E-state index contributed by atoms with van der Waals surface area (Å²) in [4.78, 5) is 4.77. The van der Waals surface area contributed by atoms with E-state index in [2.05, 4.69) is 43.9 Å². The Kier molecular flexibility index (Phi) is 3.92. The lowest BCUT2D eigenvalue weighted by Gasteiger charge is -2.22. The van der Waals surface area contributed by atoms with E-state index < -0.39 is 14.4 Å². The Morgan fingerprint density at radius 3 is 2.46 bits per heavy atom. The molecular formula is C22H27NSi. The number of nitrogens with zero attached hydrogens (tertiary/aromatic N) is 1. The molecule has 1 aromatic heterocycles. The first-order chi connectivity index (χ1) is 12.1. The minimum Gasteiger partial charge on any atom is -0.256 e. The highest BCUT2D eigenvalue weighted by Gasteiger charge is 2.22. The van der Waals surface area contributed by atoms with Gasteiger partial charge in [0.15, 0.2) is 0 Å². The lowest BCUT2D eigenvalue weighted by atomic mass is 9.98. The second-order valence-corrected chi connectivity index (χ2v) is 12.7. The summed E-state index contributed by atoms with van der Waals surface area (Å²) >= 11 is 0. The van der Waals surface area contributed by atoms with Crippen LogP contribution in [-0.4, -0.2) is 13.1 Å². The second-order valence-electron chi connectivity index (χ2n) is 7.69. The molecule has 0 aliphatic carbocycles. The molecule has 2 heteroatoms. The normalized spacial score (nSPS) is 13.9. The smallest absolute Gasteiger partial charge is 0.0799 e. The first-order valence-corrected chi connectivity index (χ1v) is 12.1. The maximum Gasteiger partial charge on any atom is 0.0799 e. The van der Waals surface area contributed by atoms with Gasteiger partial charge in [0.1, 0.15) is 0 Å². The van der Waals surface area contributed by atoms with Crippen molar-refractivity contribution in [1.29, 1.82) is 0 Å². The van der Waals surface area contributed by atoms with E-state index in [0.29, 0.717) is 0 Å². The molecule has 0 atom stereocenters. The van der Waals surface area contributed by atoms with E-state index in [9.17, 15) is 0 Å². The molecule has 124 valence electrons. The zero-order valence-electron chi connectivity index (χ0n) is 17.2. The van der Waals surface area contributed by atoms with Gasteiger partial charge in [-0.3, -0.25) is 4.98 Å². The van der Waals surface area contributed by atoms with Gasteiger partial charge in [0.25, 0.3) is 0 Å². The van der Waals surface area contributed by atoms with Crippen LogP contribution in [0.15, 0.2) is 54.7 Å². The first kappa shape index (κ1) is 14.4. The van der Waals surface area contributed by atoms with Gasteiger partial charge in [-0.15, -0.1) is 0 Å². The molecule has 0 saturated heterocycles. The van der Waals surface area contributed by atoms with Crippen molar-refractivity contribution in [2.75, 3.05) is 0 Å². The summed E-state index contributed by atoms with van der Waals surface area (Å²) in [5, 5.41) is 3.44. The fourth-order valence-corrected chi connectivity index (χ4v) is 4.48. The highest BCUT2D eigenvalue weighted by molar-refractivity contribution is 6.89. The predicted octanol–water partition coefficient (Wildman–Crippen LogP) is 5.65. The van der Waals surface area contributed by atoms with Gasteiger partial charge in [0.2, 0.25) is 0 Å². The van der Waals surface area contributed by atoms with Crippen LogP contribution in [0.1, 0.15) is 22.2 Å². The maximum atomic E-state index is 8.73. The van der Waals surface area contributed by atoms with Crippen molar-refractivity contribution in [3.05, 3.63) is 60.3 Å². The lowest BCUT2D eigenvalue weighted by Crippen LogP contribution is -2.40. The van der Waals surface area contributed by atoms with E-state index in [4.69, 9.17) is 7.73 Å². The standard InChI is InChI=1S/C22H27NSi/c1-16(2)13-18-14-21(23-15-22(18)24(3,4)5)20-12-8-10-17-9-6-7-11-19(17)20/h6-12,14-16H,13H2,1-5H3/i13D2. The molecule has 1 heterocycles. The van der Waals surface area contributed by atoms with Crippen molar-refractivity contribution in [3.63, 3.8) is 0 Å². The quantitative estimate of drug-likeness (QED) is 0.562. The van der Waals surface area contributed by atoms with Crippen LogP contribution in [0.2, 0.25) is 19.6 Å². The van der Waals surface area contributed by atoms with E-state index in [0.717, 1.165) is 27.4 Å². The fourth-order valence-electron chi connectivity index (χ4n) is 3.08. The minimum absolute atomic E-state index is 0.0969. The van der Waals surface area contributed by atoms with Gasteiger partial charge in [-0.25, -0.2) is 0 Å². The van der Waals surface area contributed by atoms with E-state index >= 15 is 0 Å². The second kappa shape index (κ2) is 6.52. The molecule has 1 nitrogen and oxygen atoms in total. The Labute approximate surface area is 149 Å². The number of benzene rings is 2. The van der Waals surface area contributed by atoms with Crippen LogP contribution < -0.4 is 5.19 Å². The summed E-state index contributed by atoms with van der Waals surface area (Å²) in [6.07, 6.45) is 0.552. The van der Waals surface area contributed by atoms with Crippen LogP contribution in [0.5, 0.6) is 0 Å². The average Bonchev–Trinajstić information content (AvgIpc) is 2.59. The average molecular weight is 336 g/mol. The molecule has 0 fully saturated rings. The summed E-state index contributed by atoms with van der Waals surface area (Å²) in [6.45, 7) is 10.7. The molecule has 0 saturated carbocycles. The van der Waals surface area contributed by atoms with Crippen molar-refractivity contribution in [2.24, 2.45) is 5.92 Å². The highest BCUT2D eigenvalue weighted by atomic mass is 28.3. The fraction of sp³-hybridized carbons (Fsp3) is 0.318. The van der Waals surface area contributed by atoms with E-state index in [1.165, 1.54) is 5.39 Å². The van der Waals surface area contributed by atoms with E-state index in [1.54, 1.807) is 0 Å². The van der Waals surface area contributed by atoms with Crippen LogP contribution in [0.4, 0.5) is 0 Å². The summed E-state index contributed by atoms with van der Waals surface area (Å²) in [5.74, 6) is -0.0969. The summed E-state index contributed by atoms with van der Waals surface area (Å²) in [6, 6.07) is 16.5. The van der Waals surface area contributed by atoms with Crippen LogP contribution in [0, 0.1) is 5.92 Å². The van der Waals surface area contributed by atoms with Gasteiger partial charge < -0.3 is 0 Å². The highest BCUT2D eigenvalue weighted by Crippen LogP contribution is 2.28. The first-order valence-electron chi connectivity index (χ1n) is 9.61. The minimum atomic E-state index is -1.71. The SMILES string of the molecule is [2H]C([2H])(c1cc(-c2cccc3ccccc23)ncc1[Si](C)(C)C)C(C)C. The molecule has 0 spiro atoms. The van der Waals surface area contributed by atoms with Crippen molar-refractivity contribution in [1.82, 2.24) is 4.98 Å². The molecule has 3 rings (SSSR count). The molecule has 2 aromatic carbocycles. The number of hydrogen-bond donors (Lipinski definition) is 0. The molecule has 0 N–H and O–H groups in total. The van der Waals surface area contributed by atoms with Crippen molar-refractivity contribution < 1.29 is 2.74 Å². The third-order valence-electron chi connectivity index (χ3n) is 4.22. The predicted molar refractivity (Wildman–Crippen MR) is 109 cm³/mol. The summed E-state index contributed by atoms with van der Waals surface area (Å²) < 4.78 is 17.5. The van der Waals surface area contributed by atoms with Gasteiger partial charge in [0.05, 0.1) is 13.8 Å². The Balaban J connectivity index is 2.28. The number of aromatic nitrogens is 1. The molecular weight excluding hydrogens is 306 g/mol. The number of rotatable bonds is 4. The maximum absolute atomic E-state index is 8.73. The molecule has 3 aromatic rings. The van der Waals surface area contributed by atoms with Crippen LogP contribution in [0.25, 0.3) is 22.0 Å². The largest absolute Gasteiger partial charge is 0.256 e. The topological polar surface area (TPSA) is 12.9 Å². The third-order valence-corrected chi connectivity index (χ3v) is 6.24. The number of hydrogen-bond acceptors (Lipinski definition) is 1. The Morgan fingerprint density at radius 2 is 1.75 bits per heavy atom. The molecule has 24 heavy (non-hydrogen) atoms. The molecule has 0 amide bonds. The summed E-state index contributed by atoms with van der Waals surface area (Å²) in [7, 11) is -1.71. The van der Waals surface area contributed by atoms with Gasteiger partial charge in [-0.1, -0.05) is 76.0 Å². The number of fused-ring (bicyclic) bond motifs is 1. The number of pyridine rings is 1. The van der Waals surface area contributed by atoms with Gasteiger partial charge >= 0.3 is 0 Å². The molecule has 0 unspecified atom stereocenters. The molecule has 0 radical (unpaired) electrons. The van der Waals surface area contributed by atoms with Gasteiger partial charge in [0, 0.05) is 14.5 Å². The van der Waals surface area contributed by atoms with Crippen LogP contribution >= 0.6 is 0 Å². The van der Waals surface area contributed by atoms with E-state index in [1.807, 2.05) is 44.3 Å². The van der Waals surface area contributed by atoms with Gasteiger partial charge in [-0.05, 0) is 39.9 Å². The molecule has 0 aliphatic heterocycles. The Morgan fingerprint density at radius 1 is 1.04 bits per heavy atom. The van der Waals surface area contributed by atoms with E-state index in [-0.39, 0.29) is 5.92 Å². The zero-order valence-corrected chi connectivity index (χ0v) is 16.2. The Bertz CT molecular complexity index is 937. The molecule has 0 bridgehead atoms. The van der Waals surface area contributed by atoms with Crippen molar-refractivity contribution in [3.8, 4) is 11.3 Å². The summed E-state index contributed by atoms with van der Waals surface area (Å²) in [5.41, 5.74) is 2.72. The van der Waals surface area contributed by atoms with Crippen molar-refractivity contribution in [2.45, 2.75) is 39.9 Å². The van der Waals surface area contributed by atoms with Crippen LogP contribution in [-0.2, 0) is 6.37 Å². The zero-order chi connectivity index (χ0) is 19.1. The monoisotopic (exact) mass is 335 g/mol. The van der Waals surface area contributed by atoms with Gasteiger partial charge in [-0.2, -0.15) is 0 Å². The van der Waals surface area contributed by atoms with Crippen LogP contribution in [0.3, 0.4) is 0 Å².